The number of aromatic nitrogens is 7. The van der Waals surface area contributed by atoms with Crippen molar-refractivity contribution in [3.63, 3.8) is 0 Å². The van der Waals surface area contributed by atoms with Gasteiger partial charge in [0.1, 0.15) is 11.2 Å². The Kier molecular flexibility index (Phi) is 9.67. The number of hydrogen-bond donors (Lipinski definition) is 0. The van der Waals surface area contributed by atoms with Crippen LogP contribution in [0.25, 0.3) is 140 Å². The Bertz CT molecular complexity index is 4420. The second-order valence-electron chi connectivity index (χ2n) is 18.6. The molecule has 0 radical (unpaired) electrons. The quantitative estimate of drug-likeness (QED) is 0.148. The summed E-state index contributed by atoms with van der Waals surface area (Å²) >= 11 is 0. The standard InChI is InChI=1S/C66H39N7O2/c1-5-16-42(17-6-1)61-67-62(43-18-7-2-8-19-43)70-65(69-61)49-25-13-27-52-58(49)48-24-14-29-57-60(48)73(52)53-39-47(35-37-55(53)75-57)41-32-30-40(31-33-41)46-34-36-54-51(38-46)59-50(26-15-28-56(59)74-54)66-71-63(44-20-9-3-10-21-44)68-64(72-66)45-22-11-4-12-23-45/h1-39H. The maximum atomic E-state index is 6.71. The Balaban J connectivity index is 0.810. The molecule has 75 heavy (non-hydrogen) atoms. The van der Waals surface area contributed by atoms with Crippen LogP contribution in [0.4, 0.5) is 0 Å². The van der Waals surface area contributed by atoms with Gasteiger partial charge in [-0.25, -0.2) is 29.9 Å². The molecule has 0 fully saturated rings. The number of furan rings is 1. The van der Waals surface area contributed by atoms with Gasteiger partial charge in [-0.2, -0.15) is 0 Å². The normalized spacial score (nSPS) is 11.8. The number of nitrogens with zero attached hydrogens (tertiary/aromatic N) is 7. The van der Waals surface area contributed by atoms with E-state index >= 15 is 0 Å². The van der Waals surface area contributed by atoms with E-state index < -0.39 is 0 Å². The molecule has 9 nitrogen and oxygen atoms in total. The van der Waals surface area contributed by atoms with Crippen LogP contribution >= 0.6 is 0 Å². The van der Waals surface area contributed by atoms with Gasteiger partial charge in [0.15, 0.2) is 46.4 Å². The summed E-state index contributed by atoms with van der Waals surface area (Å²) in [4.78, 5) is 30.4. The number of ether oxygens (including phenoxy) is 1. The smallest absolute Gasteiger partial charge is 0.164 e. The number of para-hydroxylation sites is 1. The summed E-state index contributed by atoms with van der Waals surface area (Å²) in [6, 6.07) is 80.6. The number of fused-ring (bicyclic) bond motifs is 8. The van der Waals surface area contributed by atoms with Crippen LogP contribution in [0.1, 0.15) is 0 Å². The predicted octanol–water partition coefficient (Wildman–Crippen LogP) is 16.5. The van der Waals surface area contributed by atoms with Gasteiger partial charge in [-0.15, -0.1) is 0 Å². The molecule has 0 aliphatic carbocycles. The van der Waals surface area contributed by atoms with Gasteiger partial charge >= 0.3 is 0 Å². The summed E-state index contributed by atoms with van der Waals surface area (Å²) in [5, 5.41) is 4.03. The average Bonchev–Trinajstić information content (AvgIpc) is 4.10. The number of hydrogen-bond acceptors (Lipinski definition) is 8. The van der Waals surface area contributed by atoms with Crippen molar-refractivity contribution in [1.29, 1.82) is 0 Å². The lowest BCUT2D eigenvalue weighted by Crippen LogP contribution is -2.04. The van der Waals surface area contributed by atoms with Crippen LogP contribution in [-0.2, 0) is 0 Å². The Morgan fingerprint density at radius 2 is 0.760 bits per heavy atom. The lowest BCUT2D eigenvalue weighted by atomic mass is 9.98. The highest BCUT2D eigenvalue weighted by atomic mass is 16.5. The highest BCUT2D eigenvalue weighted by Gasteiger charge is 2.27. The molecule has 0 atom stereocenters. The van der Waals surface area contributed by atoms with E-state index in [-0.39, 0.29) is 0 Å². The third kappa shape index (κ3) is 7.16. The van der Waals surface area contributed by atoms with Crippen molar-refractivity contribution in [2.45, 2.75) is 0 Å². The number of benzene rings is 10. The Labute approximate surface area is 429 Å². The Morgan fingerprint density at radius 1 is 0.293 bits per heavy atom. The minimum Gasteiger partial charge on any atom is -0.456 e. The summed E-state index contributed by atoms with van der Waals surface area (Å²) in [7, 11) is 0. The topological polar surface area (TPSA) is 105 Å². The molecule has 1 aliphatic rings. The van der Waals surface area contributed by atoms with Crippen LogP contribution in [0.15, 0.2) is 241 Å². The molecule has 0 saturated carbocycles. The van der Waals surface area contributed by atoms with Gasteiger partial charge in [-0.05, 0) is 64.7 Å². The second kappa shape index (κ2) is 17.1. The third-order valence-electron chi connectivity index (χ3n) is 14.1. The average molecular weight is 962 g/mol. The summed E-state index contributed by atoms with van der Waals surface area (Å²) in [5.41, 5.74) is 14.3. The molecule has 0 saturated heterocycles. The zero-order valence-electron chi connectivity index (χ0n) is 40.0. The molecule has 5 heterocycles. The molecule has 0 unspecified atom stereocenters. The van der Waals surface area contributed by atoms with Gasteiger partial charge in [0, 0.05) is 54.9 Å². The van der Waals surface area contributed by atoms with Crippen molar-refractivity contribution in [1.82, 2.24) is 34.5 Å². The monoisotopic (exact) mass is 961 g/mol. The number of rotatable bonds is 8. The second-order valence-corrected chi connectivity index (χ2v) is 18.6. The van der Waals surface area contributed by atoms with Crippen molar-refractivity contribution in [3.05, 3.63) is 237 Å². The van der Waals surface area contributed by atoms with Crippen LogP contribution in [0, 0.1) is 0 Å². The molecular weight excluding hydrogens is 923 g/mol. The van der Waals surface area contributed by atoms with Crippen molar-refractivity contribution in [3.8, 4) is 108 Å². The molecule has 14 aromatic rings. The van der Waals surface area contributed by atoms with Crippen molar-refractivity contribution >= 4 is 43.7 Å². The van der Waals surface area contributed by atoms with Gasteiger partial charge < -0.3 is 13.7 Å². The van der Waals surface area contributed by atoms with Crippen LogP contribution in [0.2, 0.25) is 0 Å². The fourth-order valence-corrected chi connectivity index (χ4v) is 10.6. The van der Waals surface area contributed by atoms with Gasteiger partial charge in [-0.1, -0.05) is 194 Å². The first-order valence-electron chi connectivity index (χ1n) is 24.8. The highest BCUT2D eigenvalue weighted by Crippen LogP contribution is 2.48. The van der Waals surface area contributed by atoms with Crippen LogP contribution in [-0.4, -0.2) is 34.5 Å². The molecule has 0 N–H and O–H groups in total. The highest BCUT2D eigenvalue weighted by molar-refractivity contribution is 6.17. The van der Waals surface area contributed by atoms with E-state index in [0.717, 1.165) is 117 Å². The van der Waals surface area contributed by atoms with E-state index in [2.05, 4.69) is 102 Å². The Morgan fingerprint density at radius 3 is 1.32 bits per heavy atom. The van der Waals surface area contributed by atoms with Crippen molar-refractivity contribution in [2.24, 2.45) is 0 Å². The minimum atomic E-state index is 0.580. The van der Waals surface area contributed by atoms with Gasteiger partial charge in [-0.3, -0.25) is 0 Å². The molecular formula is C66H39N7O2. The SMILES string of the molecule is c1ccc(-c2nc(-c3ccccc3)nc(-c3cccc4oc5ccc(-c6ccc(-c7ccc8c(c7)-n7c9cccc(-c%10nc(-c%11ccccc%11)nc(-c%11ccccc%11)n%10)c9c9cccc(c97)O8)cc6)cc5c34)n2)cc1. The van der Waals surface area contributed by atoms with Crippen LogP contribution in [0.3, 0.4) is 0 Å². The maximum absolute atomic E-state index is 6.71. The molecule has 0 spiro atoms. The van der Waals surface area contributed by atoms with E-state index in [9.17, 15) is 0 Å². The van der Waals surface area contributed by atoms with E-state index in [1.807, 2.05) is 140 Å². The minimum absolute atomic E-state index is 0.580. The van der Waals surface area contributed by atoms with Crippen LogP contribution < -0.4 is 4.74 Å². The molecule has 10 aromatic carbocycles. The fraction of sp³-hybridized carbons (Fsp3) is 0. The third-order valence-corrected chi connectivity index (χ3v) is 14.1. The summed E-state index contributed by atoms with van der Waals surface area (Å²) in [6.07, 6.45) is 0. The van der Waals surface area contributed by atoms with E-state index in [1.165, 1.54) is 0 Å². The summed E-state index contributed by atoms with van der Waals surface area (Å²) < 4.78 is 15.5. The first kappa shape index (κ1) is 42.3. The molecule has 1 aliphatic heterocycles. The lowest BCUT2D eigenvalue weighted by Gasteiger charge is -2.21. The lowest BCUT2D eigenvalue weighted by molar-refractivity contribution is 0.476. The molecule has 0 bridgehead atoms. The van der Waals surface area contributed by atoms with E-state index in [0.29, 0.717) is 34.9 Å². The van der Waals surface area contributed by atoms with E-state index in [4.69, 9.17) is 39.1 Å². The van der Waals surface area contributed by atoms with Gasteiger partial charge in [0.2, 0.25) is 0 Å². The van der Waals surface area contributed by atoms with Gasteiger partial charge in [0.25, 0.3) is 0 Å². The van der Waals surface area contributed by atoms with Crippen molar-refractivity contribution < 1.29 is 9.15 Å². The van der Waals surface area contributed by atoms with E-state index in [1.54, 1.807) is 0 Å². The maximum Gasteiger partial charge on any atom is 0.164 e. The van der Waals surface area contributed by atoms with Crippen LogP contribution in [0.5, 0.6) is 11.5 Å². The predicted molar refractivity (Wildman–Crippen MR) is 298 cm³/mol. The summed E-state index contributed by atoms with van der Waals surface area (Å²) in [6.45, 7) is 0. The zero-order chi connectivity index (χ0) is 49.4. The first-order chi connectivity index (χ1) is 37.1. The first-order valence-corrected chi connectivity index (χ1v) is 24.8. The molecule has 0 amide bonds. The summed E-state index contributed by atoms with van der Waals surface area (Å²) in [5.74, 6) is 5.20. The van der Waals surface area contributed by atoms with Gasteiger partial charge in [0.05, 0.1) is 16.7 Å². The Hall–Kier alpha value is -10.4. The molecule has 9 heteroatoms. The largest absolute Gasteiger partial charge is 0.456 e. The molecule has 15 rings (SSSR count). The zero-order valence-corrected chi connectivity index (χ0v) is 40.0. The fourth-order valence-electron chi connectivity index (χ4n) is 10.6. The van der Waals surface area contributed by atoms with Crippen molar-refractivity contribution in [2.75, 3.05) is 0 Å². The molecule has 4 aromatic heterocycles. The molecule has 350 valence electrons.